The molecule has 0 spiro atoms. The summed E-state index contributed by atoms with van der Waals surface area (Å²) in [6.45, 7) is 0. The van der Waals surface area contributed by atoms with E-state index in [4.69, 9.17) is 16.9 Å². The van der Waals surface area contributed by atoms with Crippen molar-refractivity contribution in [1.29, 1.82) is 5.26 Å². The number of hydrogen-bond acceptors (Lipinski definition) is 3. The molecule has 0 unspecified atom stereocenters. The number of anilines is 1. The second-order valence-corrected chi connectivity index (χ2v) is 6.93. The zero-order chi connectivity index (χ0) is 15.6. The van der Waals surface area contributed by atoms with E-state index in [1.807, 2.05) is 6.07 Å². The van der Waals surface area contributed by atoms with Gasteiger partial charge in [0.15, 0.2) is 0 Å². The minimum atomic E-state index is -3.94. The smallest absolute Gasteiger partial charge is 0.261 e. The molecule has 0 aliphatic carbocycles. The zero-order valence-corrected chi connectivity index (χ0v) is 13.4. The lowest BCUT2D eigenvalue weighted by Gasteiger charge is -2.09. The van der Waals surface area contributed by atoms with Crippen LogP contribution in [0, 0.1) is 17.1 Å². The molecule has 0 aliphatic heterocycles. The molecule has 2 aromatic rings. The van der Waals surface area contributed by atoms with E-state index in [1.165, 1.54) is 30.3 Å². The second-order valence-electron chi connectivity index (χ2n) is 3.99. The summed E-state index contributed by atoms with van der Waals surface area (Å²) in [4.78, 5) is -0.219. The van der Waals surface area contributed by atoms with Gasteiger partial charge in [0.1, 0.15) is 11.9 Å². The Labute approximate surface area is 134 Å². The molecule has 0 bridgehead atoms. The summed E-state index contributed by atoms with van der Waals surface area (Å²) in [6, 6.07) is 9.44. The average molecular weight is 390 g/mol. The van der Waals surface area contributed by atoms with Gasteiger partial charge in [-0.05, 0) is 52.3 Å². The first-order valence-electron chi connectivity index (χ1n) is 5.51. The van der Waals surface area contributed by atoms with Crippen molar-refractivity contribution >= 4 is 43.2 Å². The molecule has 0 saturated carbocycles. The van der Waals surface area contributed by atoms with E-state index in [0.717, 1.165) is 6.07 Å². The van der Waals surface area contributed by atoms with Crippen molar-refractivity contribution in [3.8, 4) is 6.07 Å². The monoisotopic (exact) mass is 388 g/mol. The number of sulfonamides is 1. The van der Waals surface area contributed by atoms with Crippen LogP contribution in [0.4, 0.5) is 10.1 Å². The van der Waals surface area contributed by atoms with E-state index in [0.29, 0.717) is 0 Å². The highest BCUT2D eigenvalue weighted by atomic mass is 79.9. The Bertz CT molecular complexity index is 850. The van der Waals surface area contributed by atoms with Gasteiger partial charge in [-0.15, -0.1) is 0 Å². The van der Waals surface area contributed by atoms with Crippen molar-refractivity contribution in [2.45, 2.75) is 4.90 Å². The van der Waals surface area contributed by atoms with Gasteiger partial charge in [-0.25, -0.2) is 12.8 Å². The zero-order valence-electron chi connectivity index (χ0n) is 10.3. The Kier molecular flexibility index (Phi) is 4.52. The first-order chi connectivity index (χ1) is 9.83. The van der Waals surface area contributed by atoms with E-state index < -0.39 is 15.8 Å². The van der Waals surface area contributed by atoms with Crippen molar-refractivity contribution in [3.63, 3.8) is 0 Å². The molecule has 2 aromatic carbocycles. The molecule has 108 valence electrons. The Hall–Kier alpha value is -1.62. The largest absolute Gasteiger partial charge is 0.280 e. The molecule has 8 heteroatoms. The highest BCUT2D eigenvalue weighted by Gasteiger charge is 2.16. The minimum Gasteiger partial charge on any atom is -0.280 e. The van der Waals surface area contributed by atoms with Gasteiger partial charge < -0.3 is 0 Å². The van der Waals surface area contributed by atoms with Gasteiger partial charge >= 0.3 is 0 Å². The molecule has 0 aliphatic rings. The summed E-state index contributed by atoms with van der Waals surface area (Å²) < 4.78 is 40.1. The topological polar surface area (TPSA) is 70.0 Å². The van der Waals surface area contributed by atoms with Crippen molar-refractivity contribution in [3.05, 3.63) is 57.3 Å². The number of nitrogens with one attached hydrogen (secondary N) is 1. The maximum absolute atomic E-state index is 13.4. The van der Waals surface area contributed by atoms with Gasteiger partial charge in [0.25, 0.3) is 10.0 Å². The fourth-order valence-electron chi connectivity index (χ4n) is 1.53. The number of benzene rings is 2. The number of halogens is 3. The standard InChI is InChI=1S/C13H7BrClFN2O2S/c14-11-4-3-10(6-13(11)16)21(19,20)18-9-2-1-8(7-17)12(15)5-9/h1-6,18H. The van der Waals surface area contributed by atoms with Crippen LogP contribution in [-0.4, -0.2) is 8.42 Å². The van der Waals surface area contributed by atoms with Gasteiger partial charge in [0, 0.05) is 0 Å². The van der Waals surface area contributed by atoms with Gasteiger partial charge in [-0.1, -0.05) is 11.6 Å². The van der Waals surface area contributed by atoms with Crippen LogP contribution in [0.1, 0.15) is 5.56 Å². The SMILES string of the molecule is N#Cc1ccc(NS(=O)(=O)c2ccc(Br)c(F)c2)cc1Cl. The minimum absolute atomic E-state index is 0.125. The van der Waals surface area contributed by atoms with Crippen LogP contribution in [0.25, 0.3) is 0 Å². The fraction of sp³-hybridized carbons (Fsp3) is 0. The Morgan fingerprint density at radius 3 is 2.52 bits per heavy atom. The third-order valence-electron chi connectivity index (χ3n) is 2.54. The number of hydrogen-bond donors (Lipinski definition) is 1. The van der Waals surface area contributed by atoms with E-state index >= 15 is 0 Å². The second kappa shape index (κ2) is 6.02. The normalized spacial score (nSPS) is 11.0. The van der Waals surface area contributed by atoms with E-state index in [2.05, 4.69) is 20.7 Å². The number of rotatable bonds is 3. The lowest BCUT2D eigenvalue weighted by atomic mass is 10.2. The lowest BCUT2D eigenvalue weighted by Crippen LogP contribution is -2.13. The molecule has 21 heavy (non-hydrogen) atoms. The van der Waals surface area contributed by atoms with Gasteiger partial charge in [-0.3, -0.25) is 4.72 Å². The number of nitrogens with zero attached hydrogens (tertiary/aromatic N) is 1. The van der Waals surface area contributed by atoms with Gasteiger partial charge in [0.05, 0.1) is 25.6 Å². The summed E-state index contributed by atoms with van der Waals surface area (Å²) in [6.07, 6.45) is 0. The molecule has 0 saturated heterocycles. The molecule has 2 rings (SSSR count). The average Bonchev–Trinajstić information content (AvgIpc) is 2.41. The van der Waals surface area contributed by atoms with Crippen LogP contribution in [0.2, 0.25) is 5.02 Å². The van der Waals surface area contributed by atoms with Crippen molar-refractivity contribution in [1.82, 2.24) is 0 Å². The quantitative estimate of drug-likeness (QED) is 0.865. The molecule has 4 nitrogen and oxygen atoms in total. The van der Waals surface area contributed by atoms with Gasteiger partial charge in [0.2, 0.25) is 0 Å². The maximum atomic E-state index is 13.4. The predicted molar refractivity (Wildman–Crippen MR) is 81.1 cm³/mol. The van der Waals surface area contributed by atoms with Crippen molar-refractivity contribution in [2.75, 3.05) is 4.72 Å². The molecule has 0 aromatic heterocycles. The first-order valence-corrected chi connectivity index (χ1v) is 8.16. The molecule has 0 fully saturated rings. The summed E-state index contributed by atoms with van der Waals surface area (Å²) in [5.74, 6) is -0.685. The fourth-order valence-corrected chi connectivity index (χ4v) is 3.06. The third kappa shape index (κ3) is 3.53. The summed E-state index contributed by atoms with van der Waals surface area (Å²) in [5, 5.41) is 8.88. The maximum Gasteiger partial charge on any atom is 0.261 e. The van der Waals surface area contributed by atoms with Crippen LogP contribution in [0.15, 0.2) is 45.8 Å². The molecule has 1 N–H and O–H groups in total. The van der Waals surface area contributed by atoms with Crippen LogP contribution in [0.3, 0.4) is 0 Å². The molecule has 0 atom stereocenters. The molecule has 0 radical (unpaired) electrons. The third-order valence-corrected chi connectivity index (χ3v) is 4.88. The first kappa shape index (κ1) is 15.8. The van der Waals surface area contributed by atoms with Crippen molar-refractivity contribution in [2.24, 2.45) is 0 Å². The van der Waals surface area contributed by atoms with Gasteiger partial charge in [-0.2, -0.15) is 5.26 Å². The van der Waals surface area contributed by atoms with E-state index in [-0.39, 0.29) is 25.6 Å². The van der Waals surface area contributed by atoms with Crippen LogP contribution < -0.4 is 4.72 Å². The summed E-state index contributed by atoms with van der Waals surface area (Å²) in [5.41, 5.74) is 0.414. The molecular formula is C13H7BrClFN2O2S. The Balaban J connectivity index is 2.35. The lowest BCUT2D eigenvalue weighted by molar-refractivity contribution is 0.593. The van der Waals surface area contributed by atoms with Crippen LogP contribution >= 0.6 is 27.5 Å². The van der Waals surface area contributed by atoms with E-state index in [9.17, 15) is 12.8 Å². The highest BCUT2D eigenvalue weighted by molar-refractivity contribution is 9.10. The van der Waals surface area contributed by atoms with Crippen molar-refractivity contribution < 1.29 is 12.8 Å². The molecular weight excluding hydrogens is 383 g/mol. The van der Waals surface area contributed by atoms with E-state index in [1.54, 1.807) is 0 Å². The number of nitriles is 1. The Morgan fingerprint density at radius 2 is 1.95 bits per heavy atom. The van der Waals surface area contributed by atoms with Crippen LogP contribution in [0.5, 0.6) is 0 Å². The summed E-state index contributed by atoms with van der Waals surface area (Å²) >= 11 is 8.78. The molecule has 0 amide bonds. The molecule has 0 heterocycles. The Morgan fingerprint density at radius 1 is 1.24 bits per heavy atom. The highest BCUT2D eigenvalue weighted by Crippen LogP contribution is 2.24. The predicted octanol–water partition coefficient (Wildman–Crippen LogP) is 3.91. The van der Waals surface area contributed by atoms with Crippen LogP contribution in [-0.2, 0) is 10.0 Å². The summed E-state index contributed by atoms with van der Waals surface area (Å²) in [7, 11) is -3.94.